The lowest BCUT2D eigenvalue weighted by Gasteiger charge is -2.59. The van der Waals surface area contributed by atoms with Crippen molar-refractivity contribution in [2.45, 2.75) is 76.0 Å². The lowest BCUT2D eigenvalue weighted by atomic mass is 9.55. The van der Waals surface area contributed by atoms with Crippen molar-refractivity contribution in [1.29, 1.82) is 0 Å². The number of aliphatic hydroxyl groups excluding tert-OH is 3. The Morgan fingerprint density at radius 2 is 1.75 bits per heavy atom. The van der Waals surface area contributed by atoms with Crippen molar-refractivity contribution in [3.05, 3.63) is 84.5 Å². The number of hydrogen-bond acceptors (Lipinski definition) is 13. The van der Waals surface area contributed by atoms with Gasteiger partial charge in [0.15, 0.2) is 6.29 Å². The minimum absolute atomic E-state index is 0.00998. The molecule has 2 aromatic rings. The quantitative estimate of drug-likeness (QED) is 0.0385. The molecule has 14 heteroatoms. The normalized spacial score (nSPS) is 23.3. The molecule has 60 heavy (non-hydrogen) atoms. The van der Waals surface area contributed by atoms with Gasteiger partial charge in [0.05, 0.1) is 57.3 Å². The Morgan fingerprint density at radius 3 is 2.45 bits per heavy atom. The maximum atomic E-state index is 14.3. The highest BCUT2D eigenvalue weighted by Crippen LogP contribution is 2.62. The largest absolute Gasteiger partial charge is 0.496 e. The third kappa shape index (κ3) is 10.8. The van der Waals surface area contributed by atoms with Gasteiger partial charge in [-0.1, -0.05) is 36.2 Å². The molecule has 1 aliphatic heterocycles. The fourth-order valence-corrected chi connectivity index (χ4v) is 8.87. The number of hydrogen-bond donors (Lipinski definition) is 3. The van der Waals surface area contributed by atoms with E-state index in [9.17, 15) is 24.9 Å². The van der Waals surface area contributed by atoms with Crippen molar-refractivity contribution in [1.82, 2.24) is 4.90 Å². The summed E-state index contributed by atoms with van der Waals surface area (Å²) in [5.41, 5.74) is 2.75. The van der Waals surface area contributed by atoms with E-state index in [2.05, 4.69) is 19.2 Å². The van der Waals surface area contributed by atoms with E-state index in [4.69, 9.17) is 38.4 Å². The number of nitrogens with zero attached hydrogens (tertiary/aromatic N) is 2. The molecule has 0 unspecified atom stereocenters. The van der Waals surface area contributed by atoms with Gasteiger partial charge >= 0.3 is 6.09 Å². The van der Waals surface area contributed by atoms with Gasteiger partial charge in [0.1, 0.15) is 35.6 Å². The number of oxime groups is 1. The monoisotopic (exact) mass is 834 g/mol. The van der Waals surface area contributed by atoms with Gasteiger partial charge in [-0.25, -0.2) is 4.79 Å². The molecule has 1 saturated carbocycles. The van der Waals surface area contributed by atoms with Crippen LogP contribution < -0.4 is 14.2 Å². The Labute approximate surface area is 353 Å². The highest BCUT2D eigenvalue weighted by molar-refractivity contribution is 6.03. The van der Waals surface area contributed by atoms with Gasteiger partial charge in [-0.3, -0.25) is 9.69 Å². The van der Waals surface area contributed by atoms with Crippen molar-refractivity contribution < 1.29 is 58.2 Å². The number of carbonyl (C=O) groups excluding carboxylic acids is 2. The first-order valence-electron chi connectivity index (χ1n) is 21.1. The fraction of sp³-hybridized carbons (Fsp3) is 0.543. The summed E-state index contributed by atoms with van der Waals surface area (Å²) in [6.07, 6.45) is 10.7. The molecule has 2 aliphatic carbocycles. The van der Waals surface area contributed by atoms with Crippen LogP contribution in [0.3, 0.4) is 0 Å². The summed E-state index contributed by atoms with van der Waals surface area (Å²) in [5.74, 6) is -0.371. The van der Waals surface area contributed by atoms with Crippen LogP contribution in [0.1, 0.15) is 80.1 Å². The number of amides is 1. The van der Waals surface area contributed by atoms with Crippen LogP contribution in [0.25, 0.3) is 0 Å². The average Bonchev–Trinajstić information content (AvgIpc) is 3.26. The van der Waals surface area contributed by atoms with Crippen molar-refractivity contribution in [2.24, 2.45) is 22.9 Å². The first-order chi connectivity index (χ1) is 29.3. The van der Waals surface area contributed by atoms with E-state index in [0.717, 1.165) is 43.1 Å². The van der Waals surface area contributed by atoms with E-state index in [1.807, 2.05) is 19.1 Å². The first-order valence-corrected chi connectivity index (χ1v) is 21.1. The zero-order valence-electron chi connectivity index (χ0n) is 35.0. The topological polar surface area (TPSA) is 175 Å². The Balaban J connectivity index is 1.76. The molecule has 328 valence electrons. The molecule has 3 aliphatic rings. The van der Waals surface area contributed by atoms with Crippen LogP contribution in [-0.4, -0.2) is 117 Å². The van der Waals surface area contributed by atoms with Gasteiger partial charge in [-0.05, 0) is 92.8 Å². The summed E-state index contributed by atoms with van der Waals surface area (Å²) in [4.78, 5) is 33.6. The van der Waals surface area contributed by atoms with Crippen molar-refractivity contribution in [3.8, 4) is 23.0 Å². The van der Waals surface area contributed by atoms with E-state index in [1.54, 1.807) is 41.3 Å². The molecule has 0 aromatic heterocycles. The fourth-order valence-electron chi connectivity index (χ4n) is 8.87. The molecule has 0 bridgehead atoms. The molecule has 2 aromatic carbocycles. The molecule has 0 radical (unpaired) electrons. The summed E-state index contributed by atoms with van der Waals surface area (Å²) >= 11 is 0. The Bertz CT molecular complexity index is 1800. The van der Waals surface area contributed by atoms with Crippen LogP contribution in [-0.2, 0) is 19.0 Å². The number of ether oxygens (including phenoxy) is 6. The molecule has 1 heterocycles. The van der Waals surface area contributed by atoms with Gasteiger partial charge < -0.3 is 48.6 Å². The van der Waals surface area contributed by atoms with Crippen LogP contribution in [0.2, 0.25) is 0 Å². The van der Waals surface area contributed by atoms with Gasteiger partial charge in [-0.15, -0.1) is 13.2 Å². The number of rotatable bonds is 26. The van der Waals surface area contributed by atoms with Crippen LogP contribution in [0.4, 0.5) is 4.79 Å². The Morgan fingerprint density at radius 1 is 0.983 bits per heavy atom. The number of carbonyl (C=O) groups is 2. The summed E-state index contributed by atoms with van der Waals surface area (Å²) < 4.78 is 37.5. The molecular weight excluding hydrogens is 773 g/mol. The number of benzene rings is 2. The van der Waals surface area contributed by atoms with Crippen LogP contribution in [0, 0.1) is 17.8 Å². The molecule has 6 atom stereocenters. The number of aliphatic hydroxyl groups is 3. The lowest BCUT2D eigenvalue weighted by Crippen LogP contribution is -2.70. The molecular formula is C46H62N2O12. The minimum Gasteiger partial charge on any atom is -0.496 e. The van der Waals surface area contributed by atoms with Crippen LogP contribution in [0.15, 0.2) is 78.5 Å². The summed E-state index contributed by atoms with van der Waals surface area (Å²) in [7, 11) is 1.50. The second-order valence-electron chi connectivity index (χ2n) is 15.0. The lowest BCUT2D eigenvalue weighted by molar-refractivity contribution is -0.256. The van der Waals surface area contributed by atoms with Gasteiger partial charge in [0.2, 0.25) is 5.79 Å². The molecule has 0 spiro atoms. The van der Waals surface area contributed by atoms with Crippen molar-refractivity contribution >= 4 is 18.1 Å². The third-order valence-corrected chi connectivity index (χ3v) is 11.4. The minimum atomic E-state index is -1.50. The average molecular weight is 835 g/mol. The van der Waals surface area contributed by atoms with Crippen molar-refractivity contribution in [3.63, 3.8) is 0 Å². The molecule has 1 fully saturated rings. The molecule has 14 nitrogen and oxygen atoms in total. The number of aldehydes is 1. The molecule has 1 amide bonds. The van der Waals surface area contributed by atoms with E-state index < -0.39 is 23.8 Å². The van der Waals surface area contributed by atoms with E-state index in [1.165, 1.54) is 7.11 Å². The van der Waals surface area contributed by atoms with Crippen LogP contribution >= 0.6 is 0 Å². The zero-order valence-corrected chi connectivity index (χ0v) is 35.0. The standard InChI is InChI=1S/C46H62N2O12/c1-5-8-24-56-45(53)48(19-25-55-26-22-51)42-30-39(47-58-7-3)37-28-32(13-9-11-20-49)36(14-10-12-21-50)43-38-29-35(59-34-15-17-40(54-4)33(27-34)31-52)16-18-41(38)60-46(42,44(37)43)57-23-6-2/h5-6,15-18,27-29,31-32,36,42-44,49-51H,1-2,7-14,19-26,30H2,3-4H3/t32-,36+,42-,43+,44+,46+/m0/s1. The second-order valence-corrected chi connectivity index (χ2v) is 15.0. The predicted octanol–water partition coefficient (Wildman–Crippen LogP) is 6.98. The van der Waals surface area contributed by atoms with Crippen LogP contribution in [0.5, 0.6) is 23.0 Å². The molecule has 5 rings (SSSR count). The summed E-state index contributed by atoms with van der Waals surface area (Å²) in [6, 6.07) is 9.86. The number of allylic oxidation sites excluding steroid dienone is 1. The third-order valence-electron chi connectivity index (χ3n) is 11.4. The van der Waals surface area contributed by atoms with E-state index in [-0.39, 0.29) is 77.0 Å². The van der Waals surface area contributed by atoms with E-state index >= 15 is 0 Å². The summed E-state index contributed by atoms with van der Waals surface area (Å²) in [6.45, 7) is 10.4. The SMILES string of the molecule is C=CCCOC(=O)N(CCOCCO)[C@H]1CC(=NOCC)C2=C[C@H](CCCCO)[C@@H](CCCCO)[C@@H]3c4cc(Oc5ccc(OC)c(C=O)c5)ccc4O[C@@]1(OCC=C)[C@H]23. The Kier molecular flexibility index (Phi) is 18.0. The highest BCUT2D eigenvalue weighted by atomic mass is 16.7. The number of fused-ring (bicyclic) bond motifs is 2. The maximum absolute atomic E-state index is 14.3. The molecule has 0 saturated heterocycles. The van der Waals surface area contributed by atoms with Gasteiger partial charge in [0, 0.05) is 37.7 Å². The second kappa shape index (κ2) is 23.3. The van der Waals surface area contributed by atoms with Gasteiger partial charge in [-0.2, -0.15) is 0 Å². The maximum Gasteiger partial charge on any atom is 0.410 e. The van der Waals surface area contributed by atoms with E-state index in [0.29, 0.717) is 60.1 Å². The number of unbranched alkanes of at least 4 members (excludes halogenated alkanes) is 2. The summed E-state index contributed by atoms with van der Waals surface area (Å²) in [5, 5.41) is 34.0. The zero-order chi connectivity index (χ0) is 42.9. The predicted molar refractivity (Wildman–Crippen MR) is 226 cm³/mol. The van der Waals surface area contributed by atoms with Gasteiger partial charge in [0.25, 0.3) is 0 Å². The van der Waals surface area contributed by atoms with Crippen molar-refractivity contribution in [2.75, 3.05) is 66.5 Å². The molecule has 3 N–H and O–H groups in total. The smallest absolute Gasteiger partial charge is 0.410 e. The highest BCUT2D eigenvalue weighted by Gasteiger charge is 2.65. The first kappa shape index (κ1) is 46.3. The Hall–Kier alpha value is -4.73. The number of methoxy groups -OCH3 is 1.